The molecular formula is C20H36N4O5. The molecule has 4 atom stereocenters. The summed E-state index contributed by atoms with van der Waals surface area (Å²) in [4.78, 5) is 49.5. The van der Waals surface area contributed by atoms with Crippen molar-refractivity contribution in [2.24, 2.45) is 11.8 Å². The predicted molar refractivity (Wildman–Crippen MR) is 108 cm³/mol. The first-order valence-corrected chi connectivity index (χ1v) is 10.4. The predicted octanol–water partition coefficient (Wildman–Crippen LogP) is 0.737. The minimum atomic E-state index is -0.808. The van der Waals surface area contributed by atoms with Gasteiger partial charge in [-0.2, -0.15) is 0 Å². The van der Waals surface area contributed by atoms with Crippen LogP contribution in [-0.2, 0) is 23.9 Å². The van der Waals surface area contributed by atoms with Crippen molar-refractivity contribution in [2.75, 3.05) is 13.7 Å². The number of amides is 3. The largest absolute Gasteiger partial charge is 0.468 e. The summed E-state index contributed by atoms with van der Waals surface area (Å²) in [5.74, 6) is -1.66. The lowest BCUT2D eigenvalue weighted by atomic mass is 10.00. The Bertz CT molecular complexity index is 595. The van der Waals surface area contributed by atoms with Crippen molar-refractivity contribution < 1.29 is 23.9 Å². The Balaban J connectivity index is 2.70. The molecule has 0 bridgehead atoms. The van der Waals surface area contributed by atoms with Gasteiger partial charge in [0.1, 0.15) is 18.1 Å². The van der Waals surface area contributed by atoms with E-state index < -0.39 is 30.0 Å². The zero-order valence-electron chi connectivity index (χ0n) is 18.4. The smallest absolute Gasteiger partial charge is 0.324 e. The van der Waals surface area contributed by atoms with Crippen LogP contribution >= 0.6 is 0 Å². The van der Waals surface area contributed by atoms with Crippen LogP contribution in [0.15, 0.2) is 0 Å². The van der Waals surface area contributed by atoms with Gasteiger partial charge < -0.3 is 15.4 Å². The molecule has 0 aliphatic carbocycles. The molecular weight excluding hydrogens is 376 g/mol. The summed E-state index contributed by atoms with van der Waals surface area (Å²) >= 11 is 0. The topological polar surface area (TPSA) is 117 Å². The van der Waals surface area contributed by atoms with Gasteiger partial charge >= 0.3 is 5.97 Å². The number of carbonyl (C=O) groups is 4. The lowest BCUT2D eigenvalue weighted by Gasteiger charge is -2.34. The third kappa shape index (κ3) is 7.30. The van der Waals surface area contributed by atoms with Gasteiger partial charge in [0.2, 0.25) is 11.8 Å². The Morgan fingerprint density at radius 2 is 1.76 bits per heavy atom. The van der Waals surface area contributed by atoms with Crippen LogP contribution in [0.1, 0.15) is 60.3 Å². The van der Waals surface area contributed by atoms with E-state index in [1.54, 1.807) is 6.92 Å². The molecule has 1 fully saturated rings. The highest BCUT2D eigenvalue weighted by atomic mass is 16.5. The van der Waals surface area contributed by atoms with Gasteiger partial charge in [0.25, 0.3) is 5.91 Å². The molecule has 0 spiro atoms. The van der Waals surface area contributed by atoms with Crippen LogP contribution in [0.2, 0.25) is 0 Å². The van der Waals surface area contributed by atoms with Gasteiger partial charge in [0, 0.05) is 12.5 Å². The van der Waals surface area contributed by atoms with E-state index in [4.69, 9.17) is 4.74 Å². The molecule has 29 heavy (non-hydrogen) atoms. The summed E-state index contributed by atoms with van der Waals surface area (Å²) in [6.07, 6.45) is 2.86. The number of nitrogens with one attached hydrogen (secondary N) is 3. The zero-order valence-corrected chi connectivity index (χ0v) is 18.4. The quantitative estimate of drug-likeness (QED) is 0.481. The van der Waals surface area contributed by atoms with E-state index in [2.05, 4.69) is 16.1 Å². The van der Waals surface area contributed by atoms with Crippen LogP contribution < -0.4 is 16.1 Å². The van der Waals surface area contributed by atoms with E-state index in [0.717, 1.165) is 12.8 Å². The number of carbonyl (C=O) groups excluding carboxylic acids is 4. The van der Waals surface area contributed by atoms with Crippen molar-refractivity contribution in [1.82, 2.24) is 21.1 Å². The summed E-state index contributed by atoms with van der Waals surface area (Å²) in [5.41, 5.74) is 2.86. The molecule has 0 radical (unpaired) electrons. The number of ether oxygens (including phenoxy) is 1. The zero-order chi connectivity index (χ0) is 22.1. The Morgan fingerprint density at radius 3 is 2.31 bits per heavy atom. The molecule has 166 valence electrons. The van der Waals surface area contributed by atoms with Crippen LogP contribution in [0.5, 0.6) is 0 Å². The SMILES string of the molecule is CCCC(C)C(=O)NC(C(=O)NC(C)C(=O)N1CCCC(C(=O)OC)N1)C(C)C. The maximum absolute atomic E-state index is 12.7. The molecule has 1 saturated heterocycles. The molecule has 0 saturated carbocycles. The summed E-state index contributed by atoms with van der Waals surface area (Å²) in [6.45, 7) is 9.54. The van der Waals surface area contributed by atoms with Crippen molar-refractivity contribution in [2.45, 2.75) is 78.4 Å². The fraction of sp³-hybridized carbons (Fsp3) is 0.800. The Morgan fingerprint density at radius 1 is 1.10 bits per heavy atom. The van der Waals surface area contributed by atoms with E-state index in [9.17, 15) is 19.2 Å². The number of hydrazine groups is 1. The van der Waals surface area contributed by atoms with Gasteiger partial charge in [0.15, 0.2) is 0 Å². The van der Waals surface area contributed by atoms with Crippen LogP contribution in [0.4, 0.5) is 0 Å². The van der Waals surface area contributed by atoms with Crippen molar-refractivity contribution in [1.29, 1.82) is 0 Å². The molecule has 1 aliphatic heterocycles. The lowest BCUT2D eigenvalue weighted by Crippen LogP contribution is -2.61. The average molecular weight is 413 g/mol. The minimum Gasteiger partial charge on any atom is -0.468 e. The van der Waals surface area contributed by atoms with E-state index in [1.807, 2.05) is 27.7 Å². The summed E-state index contributed by atoms with van der Waals surface area (Å²) in [6, 6.07) is -2.12. The van der Waals surface area contributed by atoms with Gasteiger partial charge in [0.05, 0.1) is 7.11 Å². The molecule has 0 aromatic carbocycles. The molecule has 1 heterocycles. The lowest BCUT2D eigenvalue weighted by molar-refractivity contribution is -0.150. The monoisotopic (exact) mass is 412 g/mol. The normalized spacial score (nSPS) is 19.8. The van der Waals surface area contributed by atoms with Gasteiger partial charge in [-0.3, -0.25) is 24.2 Å². The molecule has 1 aliphatic rings. The number of rotatable bonds is 9. The van der Waals surface area contributed by atoms with Gasteiger partial charge in [-0.05, 0) is 32.1 Å². The third-order valence-corrected chi connectivity index (χ3v) is 5.08. The standard InChI is InChI=1S/C20H36N4O5/c1-7-9-13(4)17(25)22-16(12(2)3)18(26)21-14(5)19(27)24-11-8-10-15(23-24)20(28)29-6/h12-16,23H,7-11H2,1-6H3,(H,21,26)(H,22,25). The van der Waals surface area contributed by atoms with Gasteiger partial charge in [-0.15, -0.1) is 0 Å². The number of methoxy groups -OCH3 is 1. The second kappa shape index (κ2) is 11.7. The first kappa shape index (κ1) is 24.9. The van der Waals surface area contributed by atoms with Crippen molar-refractivity contribution >= 4 is 23.7 Å². The van der Waals surface area contributed by atoms with Crippen LogP contribution in [0.25, 0.3) is 0 Å². The Hall–Kier alpha value is -2.16. The molecule has 9 heteroatoms. The molecule has 0 aromatic rings. The van der Waals surface area contributed by atoms with E-state index in [-0.39, 0.29) is 23.7 Å². The highest BCUT2D eigenvalue weighted by molar-refractivity contribution is 5.92. The first-order chi connectivity index (χ1) is 13.6. The van der Waals surface area contributed by atoms with Crippen LogP contribution in [0.3, 0.4) is 0 Å². The minimum absolute atomic E-state index is 0.133. The summed E-state index contributed by atoms with van der Waals surface area (Å²) in [7, 11) is 1.30. The second-order valence-electron chi connectivity index (χ2n) is 7.99. The summed E-state index contributed by atoms with van der Waals surface area (Å²) < 4.78 is 4.72. The molecule has 3 amide bonds. The second-order valence-corrected chi connectivity index (χ2v) is 7.99. The van der Waals surface area contributed by atoms with Gasteiger partial charge in [-0.25, -0.2) is 5.43 Å². The van der Waals surface area contributed by atoms with E-state index in [0.29, 0.717) is 19.4 Å². The van der Waals surface area contributed by atoms with E-state index in [1.165, 1.54) is 12.1 Å². The van der Waals surface area contributed by atoms with Crippen molar-refractivity contribution in [3.8, 4) is 0 Å². The molecule has 3 N–H and O–H groups in total. The molecule has 9 nitrogen and oxygen atoms in total. The molecule has 4 unspecified atom stereocenters. The third-order valence-electron chi connectivity index (χ3n) is 5.08. The highest BCUT2D eigenvalue weighted by Crippen LogP contribution is 2.11. The number of hydrogen-bond acceptors (Lipinski definition) is 6. The molecule has 0 aromatic heterocycles. The number of hydrogen-bond donors (Lipinski definition) is 3. The van der Waals surface area contributed by atoms with Crippen molar-refractivity contribution in [3.05, 3.63) is 0 Å². The first-order valence-electron chi connectivity index (χ1n) is 10.4. The van der Waals surface area contributed by atoms with Crippen LogP contribution in [-0.4, -0.2) is 60.5 Å². The summed E-state index contributed by atoms with van der Waals surface area (Å²) in [5, 5.41) is 6.84. The Kier molecular flexibility index (Phi) is 10.1. The van der Waals surface area contributed by atoms with Crippen molar-refractivity contribution in [3.63, 3.8) is 0 Å². The van der Waals surface area contributed by atoms with Crippen LogP contribution in [0, 0.1) is 11.8 Å². The van der Waals surface area contributed by atoms with E-state index >= 15 is 0 Å². The Labute approximate surface area is 173 Å². The fourth-order valence-corrected chi connectivity index (χ4v) is 3.25. The average Bonchev–Trinajstić information content (AvgIpc) is 2.70. The maximum atomic E-state index is 12.7. The molecule has 1 rings (SSSR count). The maximum Gasteiger partial charge on any atom is 0.324 e. The van der Waals surface area contributed by atoms with Gasteiger partial charge in [-0.1, -0.05) is 34.1 Å². The number of nitrogens with zero attached hydrogens (tertiary/aromatic N) is 1. The number of esters is 1. The fourth-order valence-electron chi connectivity index (χ4n) is 3.25. The highest BCUT2D eigenvalue weighted by Gasteiger charge is 2.33.